The third-order valence-electron chi connectivity index (χ3n) is 3.02. The van der Waals surface area contributed by atoms with Gasteiger partial charge in [-0.15, -0.1) is 0 Å². The number of nitro groups is 1. The van der Waals surface area contributed by atoms with Crippen molar-refractivity contribution in [3.8, 4) is 0 Å². The highest BCUT2D eigenvalue weighted by molar-refractivity contribution is 5.97. The van der Waals surface area contributed by atoms with Crippen LogP contribution in [0.1, 0.15) is 23.2 Å². The van der Waals surface area contributed by atoms with Gasteiger partial charge in [-0.2, -0.15) is 0 Å². The van der Waals surface area contributed by atoms with Crippen molar-refractivity contribution in [3.63, 3.8) is 0 Å². The lowest BCUT2D eigenvalue weighted by atomic mass is 10.1. The zero-order valence-corrected chi connectivity index (χ0v) is 10.4. The number of hydrogen-bond donors (Lipinski definition) is 0. The normalized spacial score (nSPS) is 16.2. The fourth-order valence-corrected chi connectivity index (χ4v) is 1.89. The minimum Gasteiger partial charge on any atom is -0.381 e. The second-order valence-corrected chi connectivity index (χ2v) is 4.35. The van der Waals surface area contributed by atoms with E-state index in [4.69, 9.17) is 9.47 Å². The maximum atomic E-state index is 11.8. The third kappa shape index (κ3) is 3.84. The number of carbonyl (C=O) groups excluding carboxylic acids is 1. The first-order valence-electron chi connectivity index (χ1n) is 6.14. The maximum Gasteiger partial charge on any atom is 0.269 e. The van der Waals surface area contributed by atoms with Gasteiger partial charge < -0.3 is 9.47 Å². The van der Waals surface area contributed by atoms with Crippen LogP contribution in [0.25, 0.3) is 0 Å². The Morgan fingerprint density at radius 1 is 1.32 bits per heavy atom. The van der Waals surface area contributed by atoms with Crippen LogP contribution in [0.4, 0.5) is 5.69 Å². The van der Waals surface area contributed by atoms with Crippen molar-refractivity contribution in [2.24, 2.45) is 0 Å². The van der Waals surface area contributed by atoms with Crippen molar-refractivity contribution >= 4 is 11.5 Å². The van der Waals surface area contributed by atoms with E-state index in [1.165, 1.54) is 24.3 Å². The topological polar surface area (TPSA) is 78.7 Å². The second kappa shape index (κ2) is 6.40. The Balaban J connectivity index is 1.86. The van der Waals surface area contributed by atoms with Gasteiger partial charge in [0.15, 0.2) is 5.78 Å². The quantitative estimate of drug-likeness (QED) is 0.462. The zero-order valence-electron chi connectivity index (χ0n) is 10.4. The molecule has 0 atom stereocenters. The molecule has 0 N–H and O–H groups in total. The molecule has 1 aromatic carbocycles. The van der Waals surface area contributed by atoms with Crippen LogP contribution >= 0.6 is 0 Å². The number of nitro benzene ring substituents is 1. The first kappa shape index (κ1) is 13.6. The summed E-state index contributed by atoms with van der Waals surface area (Å²) in [4.78, 5) is 21.8. The molecule has 1 saturated heterocycles. The van der Waals surface area contributed by atoms with Crippen LogP contribution in [-0.4, -0.2) is 36.6 Å². The molecule has 0 unspecified atom stereocenters. The lowest BCUT2D eigenvalue weighted by molar-refractivity contribution is -0.384. The van der Waals surface area contributed by atoms with Crippen LogP contribution in [0.5, 0.6) is 0 Å². The molecule has 0 aromatic heterocycles. The molecule has 1 aliphatic heterocycles. The highest BCUT2D eigenvalue weighted by Gasteiger charge is 2.16. The Labute approximate surface area is 110 Å². The van der Waals surface area contributed by atoms with E-state index in [1.54, 1.807) is 0 Å². The van der Waals surface area contributed by atoms with Crippen molar-refractivity contribution in [3.05, 3.63) is 39.9 Å². The summed E-state index contributed by atoms with van der Waals surface area (Å²) in [6.45, 7) is 1.33. The minimum absolute atomic E-state index is 0.00246. The second-order valence-electron chi connectivity index (χ2n) is 4.35. The fourth-order valence-electron chi connectivity index (χ4n) is 1.89. The summed E-state index contributed by atoms with van der Waals surface area (Å²) in [5.74, 6) is -0.165. The molecule has 19 heavy (non-hydrogen) atoms. The van der Waals surface area contributed by atoms with Gasteiger partial charge in [-0.3, -0.25) is 14.9 Å². The summed E-state index contributed by atoms with van der Waals surface area (Å²) in [7, 11) is 0. The Bertz CT molecular complexity index is 451. The molecule has 1 aliphatic rings. The van der Waals surface area contributed by atoms with Crippen LogP contribution in [0.3, 0.4) is 0 Å². The van der Waals surface area contributed by atoms with E-state index in [-0.39, 0.29) is 24.2 Å². The summed E-state index contributed by atoms with van der Waals surface area (Å²) in [5.41, 5.74) is 0.402. The monoisotopic (exact) mass is 265 g/mol. The third-order valence-corrected chi connectivity index (χ3v) is 3.02. The van der Waals surface area contributed by atoms with E-state index in [1.807, 2.05) is 0 Å². The predicted octanol–water partition coefficient (Wildman–Crippen LogP) is 1.97. The van der Waals surface area contributed by atoms with Gasteiger partial charge in [-0.1, -0.05) is 0 Å². The lowest BCUT2D eigenvalue weighted by Gasteiger charge is -2.21. The largest absolute Gasteiger partial charge is 0.381 e. The predicted molar refractivity (Wildman–Crippen MR) is 67.2 cm³/mol. The molecule has 6 nitrogen and oxygen atoms in total. The van der Waals surface area contributed by atoms with Gasteiger partial charge in [0.2, 0.25) is 0 Å². The number of carbonyl (C=O) groups is 1. The molecular formula is C13H15NO5. The van der Waals surface area contributed by atoms with E-state index >= 15 is 0 Å². The highest BCUT2D eigenvalue weighted by atomic mass is 16.6. The Hall–Kier alpha value is -1.79. The van der Waals surface area contributed by atoms with Gasteiger partial charge in [0, 0.05) is 30.9 Å². The molecule has 0 aliphatic carbocycles. The first-order chi connectivity index (χ1) is 9.16. The average molecular weight is 265 g/mol. The standard InChI is InChI=1S/C13H15NO5/c15-13(9-19-12-5-7-18-8-6-12)10-1-3-11(4-2-10)14(16)17/h1-4,12H,5-9H2. The van der Waals surface area contributed by atoms with Gasteiger partial charge in [-0.25, -0.2) is 0 Å². The number of non-ortho nitro benzene ring substituents is 1. The molecule has 0 radical (unpaired) electrons. The van der Waals surface area contributed by atoms with Crippen LogP contribution in [0.15, 0.2) is 24.3 Å². The molecule has 0 saturated carbocycles. The van der Waals surface area contributed by atoms with Crippen LogP contribution < -0.4 is 0 Å². The van der Waals surface area contributed by atoms with Crippen molar-refractivity contribution in [1.82, 2.24) is 0 Å². The van der Waals surface area contributed by atoms with Gasteiger partial charge in [0.25, 0.3) is 5.69 Å². The fraction of sp³-hybridized carbons (Fsp3) is 0.462. The van der Waals surface area contributed by atoms with E-state index in [9.17, 15) is 14.9 Å². The Morgan fingerprint density at radius 3 is 2.53 bits per heavy atom. The summed E-state index contributed by atoms with van der Waals surface area (Å²) >= 11 is 0. The van der Waals surface area contributed by atoms with Crippen LogP contribution in [0, 0.1) is 10.1 Å². The molecule has 6 heteroatoms. The van der Waals surface area contributed by atoms with Crippen molar-refractivity contribution in [2.75, 3.05) is 19.8 Å². The number of ether oxygens (including phenoxy) is 2. The molecule has 102 valence electrons. The van der Waals surface area contributed by atoms with Crippen LogP contribution in [0.2, 0.25) is 0 Å². The number of Topliss-reactive ketones (excluding diaryl/α,β-unsaturated/α-hetero) is 1. The zero-order chi connectivity index (χ0) is 13.7. The van der Waals surface area contributed by atoms with E-state index in [2.05, 4.69) is 0 Å². The Kier molecular flexibility index (Phi) is 4.59. The lowest BCUT2D eigenvalue weighted by Crippen LogP contribution is -2.25. The van der Waals surface area contributed by atoms with Gasteiger partial charge in [0.1, 0.15) is 6.61 Å². The molecule has 0 bridgehead atoms. The number of rotatable bonds is 5. The van der Waals surface area contributed by atoms with Crippen molar-refractivity contribution in [1.29, 1.82) is 0 Å². The van der Waals surface area contributed by atoms with E-state index in [0.29, 0.717) is 18.8 Å². The van der Waals surface area contributed by atoms with Crippen LogP contribution in [-0.2, 0) is 9.47 Å². The number of benzene rings is 1. The summed E-state index contributed by atoms with van der Waals surface area (Å²) in [6.07, 6.45) is 1.66. The Morgan fingerprint density at radius 2 is 1.95 bits per heavy atom. The molecule has 1 heterocycles. The molecule has 0 spiro atoms. The molecular weight excluding hydrogens is 250 g/mol. The van der Waals surface area contributed by atoms with E-state index < -0.39 is 4.92 Å². The molecule has 2 rings (SSSR count). The smallest absolute Gasteiger partial charge is 0.269 e. The maximum absolute atomic E-state index is 11.8. The van der Waals surface area contributed by atoms with Gasteiger partial charge in [0.05, 0.1) is 11.0 Å². The van der Waals surface area contributed by atoms with Crippen molar-refractivity contribution in [2.45, 2.75) is 18.9 Å². The number of hydrogen-bond acceptors (Lipinski definition) is 5. The van der Waals surface area contributed by atoms with Gasteiger partial charge in [-0.05, 0) is 25.0 Å². The average Bonchev–Trinajstić information content (AvgIpc) is 2.46. The molecule has 1 aromatic rings. The van der Waals surface area contributed by atoms with Gasteiger partial charge >= 0.3 is 0 Å². The summed E-state index contributed by atoms with van der Waals surface area (Å²) < 4.78 is 10.7. The first-order valence-corrected chi connectivity index (χ1v) is 6.14. The number of nitrogens with zero attached hydrogens (tertiary/aromatic N) is 1. The summed E-state index contributed by atoms with van der Waals surface area (Å²) in [5, 5.41) is 10.5. The van der Waals surface area contributed by atoms with Crippen molar-refractivity contribution < 1.29 is 19.2 Å². The summed E-state index contributed by atoms with van der Waals surface area (Å²) in [6, 6.07) is 5.55. The molecule has 0 amide bonds. The SMILES string of the molecule is O=C(COC1CCOCC1)c1ccc([N+](=O)[O-])cc1. The number of ketones is 1. The minimum atomic E-state index is -0.493. The highest BCUT2D eigenvalue weighted by Crippen LogP contribution is 2.14. The molecule has 1 fully saturated rings. The van der Waals surface area contributed by atoms with E-state index in [0.717, 1.165) is 12.8 Å².